The molecule has 0 aliphatic rings. The summed E-state index contributed by atoms with van der Waals surface area (Å²) in [6, 6.07) is 15.7. The van der Waals surface area contributed by atoms with Crippen molar-refractivity contribution >= 4 is 11.8 Å². The Labute approximate surface area is 162 Å². The van der Waals surface area contributed by atoms with Gasteiger partial charge in [0.1, 0.15) is 17.3 Å². The maximum Gasteiger partial charge on any atom is 0.223 e. The second kappa shape index (κ2) is 8.86. The minimum atomic E-state index is -0.242. The molecule has 4 nitrogen and oxygen atoms in total. The number of nitrogens with zero attached hydrogens (tertiary/aromatic N) is 2. The average Bonchev–Trinajstić information content (AvgIpc) is 2.67. The van der Waals surface area contributed by atoms with Crippen LogP contribution in [-0.4, -0.2) is 17.1 Å². The van der Waals surface area contributed by atoms with E-state index in [4.69, 9.17) is 9.47 Å². The number of hydrogen-bond acceptors (Lipinski definition) is 5. The van der Waals surface area contributed by atoms with Gasteiger partial charge >= 0.3 is 0 Å². The Morgan fingerprint density at radius 3 is 2.41 bits per heavy atom. The van der Waals surface area contributed by atoms with E-state index in [0.717, 1.165) is 17.0 Å². The molecule has 140 valence electrons. The molecule has 0 amide bonds. The Morgan fingerprint density at radius 1 is 1.00 bits per heavy atom. The van der Waals surface area contributed by atoms with Crippen molar-refractivity contribution in [2.45, 2.75) is 30.7 Å². The summed E-state index contributed by atoms with van der Waals surface area (Å²) < 4.78 is 24.4. The second-order valence-corrected chi connectivity index (χ2v) is 7.21. The molecule has 0 unspecified atom stereocenters. The van der Waals surface area contributed by atoms with Crippen molar-refractivity contribution in [1.29, 1.82) is 0 Å². The van der Waals surface area contributed by atoms with E-state index in [1.807, 2.05) is 36.4 Å². The third-order valence-electron chi connectivity index (χ3n) is 3.83. The molecule has 0 bridgehead atoms. The summed E-state index contributed by atoms with van der Waals surface area (Å²) in [6.07, 6.45) is 0. The van der Waals surface area contributed by atoms with Crippen molar-refractivity contribution in [3.05, 3.63) is 71.7 Å². The number of halogens is 1. The normalized spacial score (nSPS) is 10.9. The van der Waals surface area contributed by atoms with Crippen LogP contribution in [0.1, 0.15) is 31.0 Å². The lowest BCUT2D eigenvalue weighted by Gasteiger charge is -2.11. The van der Waals surface area contributed by atoms with Crippen molar-refractivity contribution in [1.82, 2.24) is 9.97 Å². The van der Waals surface area contributed by atoms with Crippen molar-refractivity contribution in [3.8, 4) is 17.4 Å². The average molecular weight is 384 g/mol. The van der Waals surface area contributed by atoms with Crippen LogP contribution in [0.4, 0.5) is 4.39 Å². The fourth-order valence-corrected chi connectivity index (χ4v) is 3.17. The monoisotopic (exact) mass is 384 g/mol. The minimum Gasteiger partial charge on any atom is -0.497 e. The molecule has 3 rings (SSSR count). The lowest BCUT2D eigenvalue weighted by Crippen LogP contribution is -2.00. The maximum atomic E-state index is 13.4. The number of hydrogen-bond donors (Lipinski definition) is 0. The highest BCUT2D eigenvalue weighted by Crippen LogP contribution is 2.28. The van der Waals surface area contributed by atoms with E-state index < -0.39 is 0 Å². The van der Waals surface area contributed by atoms with Gasteiger partial charge in [-0.1, -0.05) is 37.7 Å². The summed E-state index contributed by atoms with van der Waals surface area (Å²) in [6.45, 7) is 4.14. The van der Waals surface area contributed by atoms with Crippen molar-refractivity contribution in [2.75, 3.05) is 7.11 Å². The summed E-state index contributed by atoms with van der Waals surface area (Å²) >= 11 is 1.46. The fourth-order valence-electron chi connectivity index (χ4n) is 2.37. The smallest absolute Gasteiger partial charge is 0.223 e. The molecule has 0 spiro atoms. The van der Waals surface area contributed by atoms with Gasteiger partial charge in [0.15, 0.2) is 5.16 Å². The predicted molar refractivity (Wildman–Crippen MR) is 105 cm³/mol. The highest BCUT2D eigenvalue weighted by molar-refractivity contribution is 7.98. The first-order chi connectivity index (χ1) is 13.0. The van der Waals surface area contributed by atoms with Gasteiger partial charge in [0.2, 0.25) is 5.88 Å². The molecule has 0 aliphatic heterocycles. The quantitative estimate of drug-likeness (QED) is 0.379. The van der Waals surface area contributed by atoms with E-state index in [-0.39, 0.29) is 11.7 Å². The van der Waals surface area contributed by atoms with Gasteiger partial charge in [-0.25, -0.2) is 9.37 Å². The first-order valence-electron chi connectivity index (χ1n) is 8.61. The lowest BCUT2D eigenvalue weighted by atomic mass is 10.1. The van der Waals surface area contributed by atoms with Gasteiger partial charge in [-0.3, -0.25) is 0 Å². The highest BCUT2D eigenvalue weighted by Gasteiger charge is 2.11. The van der Waals surface area contributed by atoms with Crippen molar-refractivity contribution < 1.29 is 13.9 Å². The van der Waals surface area contributed by atoms with E-state index in [1.54, 1.807) is 13.2 Å². The summed E-state index contributed by atoms with van der Waals surface area (Å²) in [5.74, 6) is 2.50. The number of methoxy groups -OCH3 is 1. The van der Waals surface area contributed by atoms with E-state index in [1.165, 1.54) is 23.9 Å². The summed E-state index contributed by atoms with van der Waals surface area (Å²) in [5.41, 5.74) is 1.78. The molecule has 0 aliphatic carbocycles. The number of rotatable bonds is 7. The standard InChI is InChI=1S/C21H21FN2O2S/c1-14(2)19-12-20(26-18-9-7-17(25-3)8-10-18)24-21(23-19)27-13-15-5-4-6-16(22)11-15/h4-12,14H,13H2,1-3H3. The van der Waals surface area contributed by atoms with Crippen LogP contribution in [0.15, 0.2) is 59.8 Å². The summed E-state index contributed by atoms with van der Waals surface area (Å²) in [4.78, 5) is 9.09. The Morgan fingerprint density at radius 2 is 1.74 bits per heavy atom. The van der Waals surface area contributed by atoms with E-state index in [2.05, 4.69) is 23.8 Å². The molecular weight excluding hydrogens is 363 g/mol. The van der Waals surface area contributed by atoms with Gasteiger partial charge < -0.3 is 9.47 Å². The number of benzene rings is 2. The zero-order valence-corrected chi connectivity index (χ0v) is 16.3. The van der Waals surface area contributed by atoms with Gasteiger partial charge in [0.05, 0.1) is 12.8 Å². The number of aromatic nitrogens is 2. The van der Waals surface area contributed by atoms with Crippen LogP contribution < -0.4 is 9.47 Å². The second-order valence-electron chi connectivity index (χ2n) is 6.26. The number of ether oxygens (including phenoxy) is 2. The molecule has 0 N–H and O–H groups in total. The van der Waals surface area contributed by atoms with Crippen LogP contribution in [0, 0.1) is 5.82 Å². The van der Waals surface area contributed by atoms with Gasteiger partial charge in [0, 0.05) is 11.8 Å². The molecule has 1 heterocycles. The molecule has 0 fully saturated rings. The predicted octanol–water partition coefficient (Wildman–Crippen LogP) is 5.83. The van der Waals surface area contributed by atoms with Crippen LogP contribution >= 0.6 is 11.8 Å². The summed E-state index contributed by atoms with van der Waals surface area (Å²) in [7, 11) is 1.62. The van der Waals surface area contributed by atoms with Gasteiger partial charge in [-0.05, 0) is 47.9 Å². The molecule has 1 aromatic heterocycles. The summed E-state index contributed by atoms with van der Waals surface area (Å²) in [5, 5.41) is 0.606. The molecule has 27 heavy (non-hydrogen) atoms. The topological polar surface area (TPSA) is 44.2 Å². The third kappa shape index (κ3) is 5.44. The van der Waals surface area contributed by atoms with Crippen molar-refractivity contribution in [2.24, 2.45) is 0 Å². The van der Waals surface area contributed by atoms with Crippen LogP contribution in [0.5, 0.6) is 17.4 Å². The van der Waals surface area contributed by atoms with E-state index in [9.17, 15) is 4.39 Å². The Kier molecular flexibility index (Phi) is 6.29. The van der Waals surface area contributed by atoms with Gasteiger partial charge in [-0.15, -0.1) is 0 Å². The van der Waals surface area contributed by atoms with Crippen LogP contribution in [0.2, 0.25) is 0 Å². The Hall–Kier alpha value is -2.60. The zero-order chi connectivity index (χ0) is 19.2. The molecule has 0 saturated heterocycles. The first-order valence-corrected chi connectivity index (χ1v) is 9.60. The lowest BCUT2D eigenvalue weighted by molar-refractivity contribution is 0.411. The van der Waals surface area contributed by atoms with Crippen LogP contribution in [-0.2, 0) is 5.75 Å². The molecule has 3 aromatic rings. The van der Waals surface area contributed by atoms with Crippen molar-refractivity contribution in [3.63, 3.8) is 0 Å². The minimum absolute atomic E-state index is 0.236. The molecule has 0 atom stereocenters. The largest absolute Gasteiger partial charge is 0.497 e. The molecule has 0 radical (unpaired) electrons. The van der Waals surface area contributed by atoms with Crippen LogP contribution in [0.25, 0.3) is 0 Å². The third-order valence-corrected chi connectivity index (χ3v) is 4.75. The molecular formula is C21H21FN2O2S. The van der Waals surface area contributed by atoms with E-state index in [0.29, 0.717) is 22.5 Å². The maximum absolute atomic E-state index is 13.4. The molecule has 0 saturated carbocycles. The number of thioether (sulfide) groups is 1. The fraction of sp³-hybridized carbons (Fsp3) is 0.238. The highest BCUT2D eigenvalue weighted by atomic mass is 32.2. The Bertz CT molecular complexity index is 901. The van der Waals surface area contributed by atoms with E-state index >= 15 is 0 Å². The van der Waals surface area contributed by atoms with Crippen LogP contribution in [0.3, 0.4) is 0 Å². The zero-order valence-electron chi connectivity index (χ0n) is 15.5. The van der Waals surface area contributed by atoms with Gasteiger partial charge in [-0.2, -0.15) is 4.98 Å². The van der Waals surface area contributed by atoms with Gasteiger partial charge in [0.25, 0.3) is 0 Å². The first kappa shape index (κ1) is 19.2. The molecule has 6 heteroatoms. The SMILES string of the molecule is COc1ccc(Oc2cc(C(C)C)nc(SCc3cccc(F)c3)n2)cc1. The Balaban J connectivity index is 1.79. The molecule has 2 aromatic carbocycles.